The number of rotatable bonds is 6. The molecule has 1 rings (SSSR count). The normalized spacial score (nSPS) is 14.2. The van der Waals surface area contributed by atoms with Gasteiger partial charge in [0.05, 0.1) is 7.11 Å². The standard InChI is InChI=1S/C18H23NO4/c1-6-12-18(23-5,14-10-8-7-9-11-14)17(21)19-15(13(2)3)16(20)22-4/h7-11,13,15H,1-5H3,(H,19,21)/t15-,18-/m0/s1. The molecule has 0 aliphatic heterocycles. The predicted octanol–water partition coefficient (Wildman–Crippen LogP) is 1.87. The van der Waals surface area contributed by atoms with E-state index < -0.39 is 23.5 Å². The summed E-state index contributed by atoms with van der Waals surface area (Å²) in [6.07, 6.45) is 0. The lowest BCUT2D eigenvalue weighted by molar-refractivity contribution is -0.150. The van der Waals surface area contributed by atoms with Crippen LogP contribution < -0.4 is 5.32 Å². The van der Waals surface area contributed by atoms with Crippen LogP contribution in [0.25, 0.3) is 0 Å². The van der Waals surface area contributed by atoms with Crippen molar-refractivity contribution in [2.24, 2.45) is 5.92 Å². The molecule has 23 heavy (non-hydrogen) atoms. The summed E-state index contributed by atoms with van der Waals surface area (Å²) in [5, 5.41) is 2.70. The van der Waals surface area contributed by atoms with E-state index in [4.69, 9.17) is 9.47 Å². The number of nitrogens with one attached hydrogen (secondary N) is 1. The second-order valence-electron chi connectivity index (χ2n) is 5.34. The molecular formula is C18H23NO4. The Bertz CT molecular complexity index is 600. The zero-order chi connectivity index (χ0) is 17.5. The minimum absolute atomic E-state index is 0.133. The van der Waals surface area contributed by atoms with E-state index in [-0.39, 0.29) is 5.92 Å². The van der Waals surface area contributed by atoms with Gasteiger partial charge in [-0.1, -0.05) is 50.1 Å². The molecule has 0 radical (unpaired) electrons. The lowest BCUT2D eigenvalue weighted by Gasteiger charge is -2.29. The Morgan fingerprint density at radius 2 is 1.78 bits per heavy atom. The number of amides is 1. The highest BCUT2D eigenvalue weighted by atomic mass is 16.5. The molecule has 1 aromatic carbocycles. The fourth-order valence-corrected chi connectivity index (χ4v) is 2.24. The average Bonchev–Trinajstić information content (AvgIpc) is 2.57. The summed E-state index contributed by atoms with van der Waals surface area (Å²) in [7, 11) is 2.70. The van der Waals surface area contributed by atoms with Crippen LogP contribution >= 0.6 is 0 Å². The summed E-state index contributed by atoms with van der Waals surface area (Å²) in [5.41, 5.74) is -0.876. The van der Waals surface area contributed by atoms with Crippen LogP contribution in [0.5, 0.6) is 0 Å². The van der Waals surface area contributed by atoms with Crippen LogP contribution in [0.2, 0.25) is 0 Å². The first-order valence-electron chi connectivity index (χ1n) is 7.36. The van der Waals surface area contributed by atoms with E-state index in [1.165, 1.54) is 14.2 Å². The molecule has 124 valence electrons. The number of hydrogen-bond donors (Lipinski definition) is 1. The first-order chi connectivity index (χ1) is 10.9. The van der Waals surface area contributed by atoms with Gasteiger partial charge in [-0.15, -0.1) is 5.92 Å². The summed E-state index contributed by atoms with van der Waals surface area (Å²) >= 11 is 0. The van der Waals surface area contributed by atoms with Crippen molar-refractivity contribution >= 4 is 11.9 Å². The maximum absolute atomic E-state index is 12.9. The van der Waals surface area contributed by atoms with Gasteiger partial charge in [-0.25, -0.2) is 4.79 Å². The minimum Gasteiger partial charge on any atom is -0.467 e. The zero-order valence-corrected chi connectivity index (χ0v) is 14.2. The Kier molecular flexibility index (Phi) is 6.80. The Morgan fingerprint density at radius 1 is 1.17 bits per heavy atom. The SMILES string of the molecule is CC#C[C@@](OC)(C(=O)N[C@H](C(=O)OC)C(C)C)c1ccccc1. The molecule has 5 heteroatoms. The number of carbonyl (C=O) groups excluding carboxylic acids is 2. The monoisotopic (exact) mass is 317 g/mol. The smallest absolute Gasteiger partial charge is 0.328 e. The van der Waals surface area contributed by atoms with Gasteiger partial charge in [-0.3, -0.25) is 4.79 Å². The molecular weight excluding hydrogens is 294 g/mol. The molecule has 1 aromatic rings. The van der Waals surface area contributed by atoms with Crippen LogP contribution in [0, 0.1) is 17.8 Å². The predicted molar refractivity (Wildman–Crippen MR) is 87.4 cm³/mol. The molecule has 0 fully saturated rings. The largest absolute Gasteiger partial charge is 0.467 e. The lowest BCUT2D eigenvalue weighted by Crippen LogP contribution is -2.53. The maximum atomic E-state index is 12.9. The third kappa shape index (κ3) is 4.11. The van der Waals surface area contributed by atoms with Crippen molar-refractivity contribution in [3.05, 3.63) is 35.9 Å². The fourth-order valence-electron chi connectivity index (χ4n) is 2.24. The van der Waals surface area contributed by atoms with E-state index in [1.807, 2.05) is 19.9 Å². The summed E-state index contributed by atoms with van der Waals surface area (Å²) in [6, 6.07) is 8.18. The molecule has 0 saturated carbocycles. The molecule has 0 unspecified atom stereocenters. The van der Waals surface area contributed by atoms with Crippen LogP contribution in [0.15, 0.2) is 30.3 Å². The van der Waals surface area contributed by atoms with E-state index in [9.17, 15) is 9.59 Å². The van der Waals surface area contributed by atoms with Crippen LogP contribution in [-0.2, 0) is 24.7 Å². The van der Waals surface area contributed by atoms with Gasteiger partial charge in [0, 0.05) is 12.7 Å². The molecule has 0 aliphatic carbocycles. The summed E-state index contributed by atoms with van der Waals surface area (Å²) in [6.45, 7) is 5.28. The molecule has 5 nitrogen and oxygen atoms in total. The van der Waals surface area contributed by atoms with Crippen molar-refractivity contribution in [3.8, 4) is 11.8 Å². The van der Waals surface area contributed by atoms with Gasteiger partial charge in [0.1, 0.15) is 6.04 Å². The minimum atomic E-state index is -1.48. The molecule has 0 saturated heterocycles. The summed E-state index contributed by atoms with van der Waals surface area (Å²) in [5.74, 6) is 4.43. The molecule has 0 heterocycles. The van der Waals surface area contributed by atoms with E-state index in [0.717, 1.165) is 0 Å². The first kappa shape index (κ1) is 18.7. The van der Waals surface area contributed by atoms with Gasteiger partial charge in [0.25, 0.3) is 5.91 Å². The van der Waals surface area contributed by atoms with E-state index in [1.54, 1.807) is 31.2 Å². The molecule has 0 spiro atoms. The Hall–Kier alpha value is -2.32. The molecule has 1 amide bonds. The first-order valence-corrected chi connectivity index (χ1v) is 7.36. The van der Waals surface area contributed by atoms with Gasteiger partial charge >= 0.3 is 5.97 Å². The lowest BCUT2D eigenvalue weighted by atomic mass is 9.91. The highest BCUT2D eigenvalue weighted by molar-refractivity contribution is 5.93. The highest BCUT2D eigenvalue weighted by Gasteiger charge is 2.41. The number of ether oxygens (including phenoxy) is 2. The van der Waals surface area contributed by atoms with Gasteiger partial charge in [0.2, 0.25) is 5.60 Å². The highest BCUT2D eigenvalue weighted by Crippen LogP contribution is 2.25. The van der Waals surface area contributed by atoms with Crippen LogP contribution in [0.4, 0.5) is 0 Å². The number of hydrogen-bond acceptors (Lipinski definition) is 4. The van der Waals surface area contributed by atoms with Crippen molar-refractivity contribution in [1.29, 1.82) is 0 Å². The van der Waals surface area contributed by atoms with Crippen molar-refractivity contribution in [1.82, 2.24) is 5.32 Å². The quantitative estimate of drug-likeness (QED) is 0.642. The van der Waals surface area contributed by atoms with E-state index >= 15 is 0 Å². The average molecular weight is 317 g/mol. The maximum Gasteiger partial charge on any atom is 0.328 e. The van der Waals surface area contributed by atoms with E-state index in [2.05, 4.69) is 17.2 Å². The van der Waals surface area contributed by atoms with Crippen LogP contribution in [-0.4, -0.2) is 32.1 Å². The number of carbonyl (C=O) groups is 2. The number of benzene rings is 1. The fraction of sp³-hybridized carbons (Fsp3) is 0.444. The third-order valence-corrected chi connectivity index (χ3v) is 3.52. The second kappa shape index (κ2) is 8.35. The van der Waals surface area contributed by atoms with Gasteiger partial charge in [0.15, 0.2) is 0 Å². The molecule has 0 bridgehead atoms. The number of methoxy groups -OCH3 is 2. The summed E-state index contributed by atoms with van der Waals surface area (Å²) < 4.78 is 10.2. The van der Waals surface area contributed by atoms with Crippen LogP contribution in [0.1, 0.15) is 26.3 Å². The molecule has 1 N–H and O–H groups in total. The van der Waals surface area contributed by atoms with Gasteiger partial charge in [-0.2, -0.15) is 0 Å². The van der Waals surface area contributed by atoms with Crippen molar-refractivity contribution in [2.75, 3.05) is 14.2 Å². The van der Waals surface area contributed by atoms with E-state index in [0.29, 0.717) is 5.56 Å². The summed E-state index contributed by atoms with van der Waals surface area (Å²) in [4.78, 5) is 24.8. The zero-order valence-electron chi connectivity index (χ0n) is 14.2. The van der Waals surface area contributed by atoms with Crippen molar-refractivity contribution < 1.29 is 19.1 Å². The Balaban J connectivity index is 3.24. The second-order valence-corrected chi connectivity index (χ2v) is 5.34. The van der Waals surface area contributed by atoms with Gasteiger partial charge < -0.3 is 14.8 Å². The topological polar surface area (TPSA) is 64.6 Å². The third-order valence-electron chi connectivity index (χ3n) is 3.52. The molecule has 0 aromatic heterocycles. The van der Waals surface area contributed by atoms with Crippen LogP contribution in [0.3, 0.4) is 0 Å². The molecule has 0 aliphatic rings. The Labute approximate surface area is 137 Å². The van der Waals surface area contributed by atoms with Crippen molar-refractivity contribution in [3.63, 3.8) is 0 Å². The number of esters is 1. The Morgan fingerprint density at radius 3 is 2.22 bits per heavy atom. The van der Waals surface area contributed by atoms with Crippen molar-refractivity contribution in [2.45, 2.75) is 32.4 Å². The van der Waals surface area contributed by atoms with Gasteiger partial charge in [-0.05, 0) is 12.8 Å². The molecule has 2 atom stereocenters.